The summed E-state index contributed by atoms with van der Waals surface area (Å²) in [4.78, 5) is 35.5. The third-order valence-corrected chi connectivity index (χ3v) is 4.99. The summed E-state index contributed by atoms with van der Waals surface area (Å²) in [6.07, 6.45) is 2.10. The van der Waals surface area contributed by atoms with Crippen LogP contribution in [0.1, 0.15) is 22.3 Å². The van der Waals surface area contributed by atoms with E-state index in [1.807, 2.05) is 6.26 Å². The molecule has 0 aliphatic heterocycles. The van der Waals surface area contributed by atoms with E-state index in [9.17, 15) is 28.5 Å². The highest BCUT2D eigenvalue weighted by atomic mass is 32.2. The summed E-state index contributed by atoms with van der Waals surface area (Å²) in [6.45, 7) is -3.22. The maximum Gasteiger partial charge on any atom is 0.387 e. The van der Waals surface area contributed by atoms with Gasteiger partial charge in [0.2, 0.25) is 0 Å². The van der Waals surface area contributed by atoms with E-state index < -0.39 is 29.5 Å². The van der Waals surface area contributed by atoms with E-state index in [0.717, 1.165) is 6.07 Å². The number of thioether (sulfide) groups is 1. The van der Waals surface area contributed by atoms with Crippen molar-refractivity contribution in [1.29, 1.82) is 0 Å². The van der Waals surface area contributed by atoms with Crippen LogP contribution in [0.3, 0.4) is 0 Å². The minimum Gasteiger partial charge on any atom is -0.493 e. The highest BCUT2D eigenvalue weighted by Gasteiger charge is 2.24. The number of carbonyl (C=O) groups excluding carboxylic acids is 2. The lowest BCUT2D eigenvalue weighted by molar-refractivity contribution is -0.384. The number of halogens is 2. The Balaban J connectivity index is 2.07. The van der Waals surface area contributed by atoms with Gasteiger partial charge in [0.1, 0.15) is 12.6 Å². The molecular formula is C21H22F2N2O7S. The first-order valence-corrected chi connectivity index (χ1v) is 11.0. The van der Waals surface area contributed by atoms with Gasteiger partial charge in [0.05, 0.1) is 12.0 Å². The van der Waals surface area contributed by atoms with E-state index in [1.54, 1.807) is 0 Å². The molecule has 2 rings (SSSR count). The van der Waals surface area contributed by atoms with Crippen LogP contribution in [0.2, 0.25) is 0 Å². The predicted molar refractivity (Wildman–Crippen MR) is 117 cm³/mol. The van der Waals surface area contributed by atoms with E-state index in [1.165, 1.54) is 55.3 Å². The van der Waals surface area contributed by atoms with Gasteiger partial charge in [-0.15, -0.1) is 0 Å². The summed E-state index contributed by atoms with van der Waals surface area (Å²) in [5, 5.41) is 13.5. The zero-order valence-corrected chi connectivity index (χ0v) is 18.6. The van der Waals surface area contributed by atoms with Gasteiger partial charge in [-0.05, 0) is 42.2 Å². The highest BCUT2D eigenvalue weighted by molar-refractivity contribution is 7.98. The van der Waals surface area contributed by atoms with Gasteiger partial charge in [0, 0.05) is 17.7 Å². The van der Waals surface area contributed by atoms with Crippen molar-refractivity contribution in [3.05, 3.63) is 63.7 Å². The Kier molecular flexibility index (Phi) is 9.85. The lowest BCUT2D eigenvalue weighted by Gasteiger charge is -2.18. The molecule has 0 saturated heterocycles. The normalized spacial score (nSPS) is 11.5. The molecule has 0 fully saturated rings. The van der Waals surface area contributed by atoms with Crippen LogP contribution in [-0.2, 0) is 16.1 Å². The third kappa shape index (κ3) is 7.90. The van der Waals surface area contributed by atoms with Crippen LogP contribution in [0, 0.1) is 10.1 Å². The van der Waals surface area contributed by atoms with Crippen LogP contribution in [0.5, 0.6) is 11.5 Å². The lowest BCUT2D eigenvalue weighted by atomic mass is 10.1. The molecule has 0 aliphatic rings. The molecule has 1 atom stereocenters. The topological polar surface area (TPSA) is 117 Å². The van der Waals surface area contributed by atoms with Gasteiger partial charge in [-0.3, -0.25) is 14.9 Å². The lowest BCUT2D eigenvalue weighted by Crippen LogP contribution is -2.42. The number of carbonyl (C=O) groups is 2. The zero-order chi connectivity index (χ0) is 24.4. The van der Waals surface area contributed by atoms with Crippen molar-refractivity contribution in [1.82, 2.24) is 5.32 Å². The molecule has 0 aromatic heterocycles. The van der Waals surface area contributed by atoms with Gasteiger partial charge < -0.3 is 19.5 Å². The van der Waals surface area contributed by atoms with Crippen molar-refractivity contribution in [2.24, 2.45) is 0 Å². The fraction of sp³-hybridized carbons (Fsp3) is 0.333. The number of nitrogens with zero attached hydrogens (tertiary/aromatic N) is 1. The number of amides is 1. The average Bonchev–Trinajstić information content (AvgIpc) is 2.80. The van der Waals surface area contributed by atoms with Gasteiger partial charge in [-0.2, -0.15) is 20.5 Å². The molecule has 0 heterocycles. The van der Waals surface area contributed by atoms with Crippen molar-refractivity contribution in [2.45, 2.75) is 25.7 Å². The molecule has 0 spiro atoms. The third-order valence-electron chi connectivity index (χ3n) is 4.34. The maximum atomic E-state index is 12.6. The van der Waals surface area contributed by atoms with Crippen molar-refractivity contribution < 1.29 is 37.5 Å². The van der Waals surface area contributed by atoms with E-state index in [4.69, 9.17) is 9.47 Å². The number of esters is 1. The Hall–Kier alpha value is -3.41. The Labute approximate surface area is 192 Å². The van der Waals surface area contributed by atoms with E-state index in [2.05, 4.69) is 10.1 Å². The number of nitro benzene ring substituents is 1. The van der Waals surface area contributed by atoms with Crippen LogP contribution in [0.15, 0.2) is 42.5 Å². The van der Waals surface area contributed by atoms with Gasteiger partial charge in [0.15, 0.2) is 11.5 Å². The predicted octanol–water partition coefficient (Wildman–Crippen LogP) is 3.80. The zero-order valence-electron chi connectivity index (χ0n) is 17.8. The minimum atomic E-state index is -3.02. The molecule has 178 valence electrons. The maximum absolute atomic E-state index is 12.6. The van der Waals surface area contributed by atoms with E-state index in [-0.39, 0.29) is 35.8 Å². The number of nitro groups is 1. The number of hydrogen-bond acceptors (Lipinski definition) is 8. The van der Waals surface area contributed by atoms with Gasteiger partial charge in [-0.1, -0.05) is 12.1 Å². The van der Waals surface area contributed by atoms with Gasteiger partial charge >= 0.3 is 12.6 Å². The molecule has 0 aliphatic carbocycles. The molecular weight excluding hydrogens is 462 g/mol. The highest BCUT2D eigenvalue weighted by Crippen LogP contribution is 2.29. The molecule has 12 heteroatoms. The fourth-order valence-corrected chi connectivity index (χ4v) is 3.21. The largest absolute Gasteiger partial charge is 0.493 e. The summed E-state index contributed by atoms with van der Waals surface area (Å²) in [5.41, 5.74) is 0.236. The van der Waals surface area contributed by atoms with Crippen LogP contribution >= 0.6 is 11.8 Å². The Morgan fingerprint density at radius 3 is 2.58 bits per heavy atom. The first kappa shape index (κ1) is 25.8. The monoisotopic (exact) mass is 484 g/mol. The number of rotatable bonds is 12. The molecule has 2 aromatic carbocycles. The van der Waals surface area contributed by atoms with Crippen LogP contribution < -0.4 is 14.8 Å². The van der Waals surface area contributed by atoms with Crippen molar-refractivity contribution in [3.8, 4) is 11.5 Å². The molecule has 0 radical (unpaired) electrons. The van der Waals surface area contributed by atoms with E-state index >= 15 is 0 Å². The number of benzene rings is 2. The van der Waals surface area contributed by atoms with Crippen LogP contribution in [0.4, 0.5) is 14.5 Å². The molecule has 1 N–H and O–H groups in total. The fourth-order valence-electron chi connectivity index (χ4n) is 2.74. The first-order valence-electron chi connectivity index (χ1n) is 9.57. The van der Waals surface area contributed by atoms with Gasteiger partial charge in [-0.25, -0.2) is 4.79 Å². The Morgan fingerprint density at radius 1 is 1.18 bits per heavy atom. The summed E-state index contributed by atoms with van der Waals surface area (Å²) < 4.78 is 39.6. The molecule has 0 saturated carbocycles. The molecule has 0 unspecified atom stereocenters. The smallest absolute Gasteiger partial charge is 0.387 e. The van der Waals surface area contributed by atoms with Crippen molar-refractivity contribution >= 4 is 29.3 Å². The molecule has 2 aromatic rings. The summed E-state index contributed by atoms with van der Waals surface area (Å²) in [7, 11) is 1.28. The van der Waals surface area contributed by atoms with E-state index in [0.29, 0.717) is 11.3 Å². The summed E-state index contributed by atoms with van der Waals surface area (Å²) >= 11 is 1.46. The molecule has 0 bridgehead atoms. The molecule has 9 nitrogen and oxygen atoms in total. The second-order valence-electron chi connectivity index (χ2n) is 6.59. The number of methoxy groups -OCH3 is 1. The van der Waals surface area contributed by atoms with Crippen LogP contribution in [0.25, 0.3) is 0 Å². The quantitative estimate of drug-likeness (QED) is 0.275. The molecule has 33 heavy (non-hydrogen) atoms. The number of hydrogen-bond donors (Lipinski definition) is 1. The Bertz CT molecular complexity index is 991. The van der Waals surface area contributed by atoms with Crippen molar-refractivity contribution in [3.63, 3.8) is 0 Å². The van der Waals surface area contributed by atoms with Crippen LogP contribution in [-0.4, -0.2) is 48.6 Å². The second kappa shape index (κ2) is 12.6. The number of alkyl halides is 2. The minimum absolute atomic E-state index is 0.0329. The standard InChI is InChI=1S/C21H22F2N2O7S/c1-30-18-10-13(6-7-17(18)32-21(22)23)12-31-20(27)16(8-9-33-2)24-19(26)14-4-3-5-15(11-14)25(28)29/h3-7,10-11,16,21H,8-9,12H2,1-2H3,(H,24,26)/t16-/m0/s1. The number of ether oxygens (including phenoxy) is 3. The van der Waals surface area contributed by atoms with Crippen molar-refractivity contribution in [2.75, 3.05) is 19.1 Å². The Morgan fingerprint density at radius 2 is 1.94 bits per heavy atom. The number of nitrogens with one attached hydrogen (secondary N) is 1. The number of non-ortho nitro benzene ring substituents is 1. The summed E-state index contributed by atoms with van der Waals surface area (Å²) in [5.74, 6) is -0.944. The summed E-state index contributed by atoms with van der Waals surface area (Å²) in [6, 6.07) is 8.24. The van der Waals surface area contributed by atoms with Gasteiger partial charge in [0.25, 0.3) is 11.6 Å². The second-order valence-corrected chi connectivity index (χ2v) is 7.57. The SMILES string of the molecule is COc1cc(COC(=O)[C@H](CCSC)NC(=O)c2cccc([N+](=O)[O-])c2)ccc1OC(F)F. The average molecular weight is 484 g/mol. The first-order chi connectivity index (χ1) is 15.7. The molecule has 1 amide bonds.